The second-order valence-corrected chi connectivity index (χ2v) is 12.8. The number of amides is 1. The summed E-state index contributed by atoms with van der Waals surface area (Å²) in [5, 5.41) is 0.919. The second-order valence-electron chi connectivity index (χ2n) is 10.7. The lowest BCUT2D eigenvalue weighted by Gasteiger charge is -2.34. The average Bonchev–Trinajstić information content (AvgIpc) is 3.29. The molecule has 0 atom stereocenters. The number of hydrogen-bond donors (Lipinski definition) is 0. The largest absolute Gasteiger partial charge is 0.491 e. The highest BCUT2D eigenvalue weighted by atomic mass is 32.2. The third-order valence-electron chi connectivity index (χ3n) is 7.28. The first kappa shape index (κ1) is 29.3. The lowest BCUT2D eigenvalue weighted by Crippen LogP contribution is -2.48. The highest BCUT2D eigenvalue weighted by Crippen LogP contribution is 2.27. The molecule has 1 fully saturated rings. The van der Waals surface area contributed by atoms with Crippen LogP contribution >= 0.6 is 0 Å². The molecular formula is C30H36N6O5S. The van der Waals surface area contributed by atoms with E-state index >= 15 is 0 Å². The Morgan fingerprint density at radius 2 is 1.62 bits per heavy atom. The van der Waals surface area contributed by atoms with E-state index in [0.29, 0.717) is 30.2 Å². The molecule has 0 radical (unpaired) electrons. The Morgan fingerprint density at radius 1 is 0.976 bits per heavy atom. The number of nitrogens with zero attached hydrogens (tertiary/aromatic N) is 6. The Bertz CT molecular complexity index is 1660. The monoisotopic (exact) mass is 592 g/mol. The number of hydrogen-bond acceptors (Lipinski definition) is 8. The van der Waals surface area contributed by atoms with E-state index in [0.717, 1.165) is 46.8 Å². The van der Waals surface area contributed by atoms with Gasteiger partial charge in [0.05, 0.1) is 36.0 Å². The molecule has 42 heavy (non-hydrogen) atoms. The second kappa shape index (κ2) is 12.0. The van der Waals surface area contributed by atoms with E-state index in [-0.39, 0.29) is 18.0 Å². The summed E-state index contributed by atoms with van der Waals surface area (Å²) in [6.07, 6.45) is 4.03. The summed E-state index contributed by atoms with van der Waals surface area (Å²) in [7, 11) is -0.117. The van der Waals surface area contributed by atoms with Crippen LogP contribution in [0.25, 0.3) is 10.9 Å². The molecule has 222 valence electrons. The van der Waals surface area contributed by atoms with Gasteiger partial charge in [0, 0.05) is 58.3 Å². The molecule has 1 aliphatic heterocycles. The van der Waals surface area contributed by atoms with Gasteiger partial charge in [-0.05, 0) is 49.7 Å². The van der Waals surface area contributed by atoms with Crippen molar-refractivity contribution in [3.8, 4) is 17.5 Å². The Morgan fingerprint density at radius 3 is 2.24 bits per heavy atom. The molecule has 0 spiro atoms. The Labute approximate surface area is 246 Å². The van der Waals surface area contributed by atoms with Crippen molar-refractivity contribution in [3.05, 3.63) is 72.2 Å². The van der Waals surface area contributed by atoms with Crippen LogP contribution in [0.5, 0.6) is 17.5 Å². The standard InChI is InChI=1S/C30H36N6O5S/c1-21(2)40-25-9-6-22(7-10-25)20-35-12-14-36(15-13-35)29(37)28-16-23-8-11-26(17-27(23)33(28)3)41-30-31-18-24(19-32-30)34(4)42(5,38)39/h6-11,16-19,21H,12-15,20H2,1-5H3. The van der Waals surface area contributed by atoms with Crippen LogP contribution in [0.3, 0.4) is 0 Å². The minimum absolute atomic E-state index is 0.0000705. The van der Waals surface area contributed by atoms with Gasteiger partial charge >= 0.3 is 6.01 Å². The Balaban J connectivity index is 1.21. The maximum absolute atomic E-state index is 13.5. The summed E-state index contributed by atoms with van der Waals surface area (Å²) in [4.78, 5) is 26.0. The van der Waals surface area contributed by atoms with Gasteiger partial charge in [0.1, 0.15) is 17.2 Å². The summed E-state index contributed by atoms with van der Waals surface area (Å²) in [6.45, 7) is 7.79. The molecule has 0 saturated carbocycles. The summed E-state index contributed by atoms with van der Waals surface area (Å²) >= 11 is 0. The number of carbonyl (C=O) groups is 1. The third-order valence-corrected chi connectivity index (χ3v) is 8.49. The van der Waals surface area contributed by atoms with Crippen LogP contribution in [-0.2, 0) is 23.6 Å². The van der Waals surface area contributed by atoms with E-state index < -0.39 is 10.0 Å². The zero-order valence-corrected chi connectivity index (χ0v) is 25.3. The van der Waals surface area contributed by atoms with Crippen LogP contribution in [0.2, 0.25) is 0 Å². The molecule has 11 nitrogen and oxygen atoms in total. The molecule has 0 unspecified atom stereocenters. The normalized spacial score (nSPS) is 14.4. The van der Waals surface area contributed by atoms with Crippen molar-refractivity contribution in [1.29, 1.82) is 0 Å². The molecule has 0 bridgehead atoms. The predicted octanol–water partition coefficient (Wildman–Crippen LogP) is 3.90. The summed E-state index contributed by atoms with van der Waals surface area (Å²) in [6, 6.07) is 15.7. The molecule has 2 aromatic heterocycles. The van der Waals surface area contributed by atoms with Gasteiger partial charge in [0.15, 0.2) is 0 Å². The van der Waals surface area contributed by atoms with E-state index in [1.807, 2.05) is 60.7 Å². The quantitative estimate of drug-likeness (QED) is 0.288. The minimum atomic E-state index is -3.42. The lowest BCUT2D eigenvalue weighted by atomic mass is 10.2. The summed E-state index contributed by atoms with van der Waals surface area (Å²) in [5.41, 5.74) is 3.01. The average molecular weight is 593 g/mol. The fraction of sp³-hybridized carbons (Fsp3) is 0.367. The zero-order chi connectivity index (χ0) is 30.0. The predicted molar refractivity (Wildman–Crippen MR) is 162 cm³/mol. The molecule has 1 saturated heterocycles. The molecule has 12 heteroatoms. The number of piperazine rings is 1. The Hall–Kier alpha value is -4.16. The molecule has 0 aliphatic carbocycles. The molecule has 1 aliphatic rings. The fourth-order valence-electron chi connectivity index (χ4n) is 4.88. The van der Waals surface area contributed by atoms with Crippen molar-refractivity contribution in [2.45, 2.75) is 26.5 Å². The SMILES string of the molecule is CC(C)Oc1ccc(CN2CCN(C(=O)c3cc4ccc(Oc5ncc(N(C)S(C)(=O)=O)cn5)cc4n3C)CC2)cc1. The van der Waals surface area contributed by atoms with Gasteiger partial charge in [-0.3, -0.25) is 14.0 Å². The van der Waals surface area contributed by atoms with Gasteiger partial charge in [-0.1, -0.05) is 12.1 Å². The molecule has 0 N–H and O–H groups in total. The van der Waals surface area contributed by atoms with Crippen molar-refractivity contribution in [3.63, 3.8) is 0 Å². The highest BCUT2D eigenvalue weighted by Gasteiger charge is 2.25. The number of rotatable bonds is 9. The summed E-state index contributed by atoms with van der Waals surface area (Å²) in [5.74, 6) is 1.38. The van der Waals surface area contributed by atoms with E-state index in [2.05, 4.69) is 27.0 Å². The van der Waals surface area contributed by atoms with Crippen LogP contribution in [0.15, 0.2) is 60.9 Å². The van der Waals surface area contributed by atoms with Crippen LogP contribution < -0.4 is 13.8 Å². The third kappa shape index (κ3) is 6.66. The molecule has 5 rings (SSSR count). The Kier molecular flexibility index (Phi) is 8.37. The van der Waals surface area contributed by atoms with Gasteiger partial charge < -0.3 is 18.9 Å². The fourth-order valence-corrected chi connectivity index (χ4v) is 5.35. The lowest BCUT2D eigenvalue weighted by molar-refractivity contribution is 0.0619. The van der Waals surface area contributed by atoms with E-state index in [4.69, 9.17) is 9.47 Å². The van der Waals surface area contributed by atoms with Gasteiger partial charge in [-0.2, -0.15) is 0 Å². The first-order chi connectivity index (χ1) is 20.0. The highest BCUT2D eigenvalue weighted by molar-refractivity contribution is 7.92. The van der Waals surface area contributed by atoms with Crippen molar-refractivity contribution in [1.82, 2.24) is 24.3 Å². The first-order valence-corrected chi connectivity index (χ1v) is 15.6. The number of benzene rings is 2. The van der Waals surface area contributed by atoms with E-state index in [9.17, 15) is 13.2 Å². The van der Waals surface area contributed by atoms with Crippen LogP contribution in [0.4, 0.5) is 5.69 Å². The summed E-state index contributed by atoms with van der Waals surface area (Å²) < 4.78 is 38.0. The van der Waals surface area contributed by atoms with Crippen LogP contribution in [-0.4, -0.2) is 84.2 Å². The topological polar surface area (TPSA) is 110 Å². The number of carbonyl (C=O) groups excluding carboxylic acids is 1. The number of aryl methyl sites for hydroxylation is 1. The van der Waals surface area contributed by atoms with Crippen molar-refractivity contribution in [2.75, 3.05) is 43.8 Å². The molecule has 3 heterocycles. The van der Waals surface area contributed by atoms with Crippen molar-refractivity contribution < 1.29 is 22.7 Å². The number of fused-ring (bicyclic) bond motifs is 1. The van der Waals surface area contributed by atoms with E-state index in [1.54, 1.807) is 6.07 Å². The maximum Gasteiger partial charge on any atom is 0.322 e. The smallest absolute Gasteiger partial charge is 0.322 e. The first-order valence-electron chi connectivity index (χ1n) is 13.8. The number of aromatic nitrogens is 3. The maximum atomic E-state index is 13.5. The molecular weight excluding hydrogens is 556 g/mol. The van der Waals surface area contributed by atoms with Crippen LogP contribution in [0, 0.1) is 0 Å². The van der Waals surface area contributed by atoms with Crippen molar-refractivity contribution in [2.24, 2.45) is 7.05 Å². The van der Waals surface area contributed by atoms with Crippen LogP contribution in [0.1, 0.15) is 29.9 Å². The van der Waals surface area contributed by atoms with Crippen molar-refractivity contribution >= 4 is 32.5 Å². The molecule has 4 aromatic rings. The molecule has 2 aromatic carbocycles. The van der Waals surface area contributed by atoms with Gasteiger partial charge in [0.2, 0.25) is 10.0 Å². The zero-order valence-electron chi connectivity index (χ0n) is 24.5. The number of sulfonamides is 1. The molecule has 1 amide bonds. The minimum Gasteiger partial charge on any atom is -0.491 e. The van der Waals surface area contributed by atoms with Gasteiger partial charge in [-0.25, -0.2) is 18.4 Å². The number of anilines is 1. The van der Waals surface area contributed by atoms with Gasteiger partial charge in [-0.15, -0.1) is 0 Å². The van der Waals surface area contributed by atoms with Gasteiger partial charge in [0.25, 0.3) is 5.91 Å². The number of ether oxygens (including phenoxy) is 2. The van der Waals surface area contributed by atoms with E-state index in [1.165, 1.54) is 25.0 Å².